The van der Waals surface area contributed by atoms with E-state index in [0.29, 0.717) is 0 Å². The molecule has 1 spiro atoms. The lowest BCUT2D eigenvalue weighted by Crippen LogP contribution is -2.58. The third kappa shape index (κ3) is 4.67. The average Bonchev–Trinajstić information content (AvgIpc) is 3.25. The number of sulfone groups is 1. The lowest BCUT2D eigenvalue weighted by atomic mass is 9.92. The summed E-state index contributed by atoms with van der Waals surface area (Å²) >= 11 is 0. The zero-order valence-electron chi connectivity index (χ0n) is 18.2. The van der Waals surface area contributed by atoms with Crippen molar-refractivity contribution in [2.75, 3.05) is 24.3 Å². The highest BCUT2D eigenvalue weighted by molar-refractivity contribution is 7.93. The molecule has 14 heteroatoms. The van der Waals surface area contributed by atoms with E-state index in [1.165, 1.54) is 19.1 Å². The Bertz CT molecular complexity index is 1290. The van der Waals surface area contributed by atoms with Gasteiger partial charge in [0.25, 0.3) is 5.91 Å². The van der Waals surface area contributed by atoms with Gasteiger partial charge < -0.3 is 20.5 Å². The first-order chi connectivity index (χ1) is 16.2. The summed E-state index contributed by atoms with van der Waals surface area (Å²) in [5.74, 6) is -2.86. The predicted octanol–water partition coefficient (Wildman–Crippen LogP) is 2.53. The van der Waals surface area contributed by atoms with Gasteiger partial charge in [-0.05, 0) is 43.7 Å². The van der Waals surface area contributed by atoms with Gasteiger partial charge in [0.1, 0.15) is 28.6 Å². The smallest absolute Gasteiger partial charge is 0.404 e. The second-order valence-corrected chi connectivity index (χ2v) is 10.7. The molecule has 1 aromatic carbocycles. The molecule has 188 valence electrons. The van der Waals surface area contributed by atoms with Gasteiger partial charge in [-0.3, -0.25) is 9.79 Å². The third-order valence-corrected chi connectivity index (χ3v) is 8.56. The number of ether oxygens (including phenoxy) is 2. The number of nitrogens with one attached hydrogen (secondary N) is 1. The van der Waals surface area contributed by atoms with Crippen molar-refractivity contribution in [3.63, 3.8) is 0 Å². The number of halogens is 4. The van der Waals surface area contributed by atoms with Crippen molar-refractivity contribution in [2.45, 2.75) is 30.0 Å². The monoisotopic (exact) mass is 516 g/mol. The number of amidine groups is 1. The second-order valence-electron chi connectivity index (χ2n) is 8.40. The maximum atomic E-state index is 14.8. The molecular formula is C21H20F4N4O5S. The van der Waals surface area contributed by atoms with Crippen LogP contribution >= 0.6 is 0 Å². The molecule has 1 amide bonds. The van der Waals surface area contributed by atoms with E-state index in [1.54, 1.807) is 0 Å². The Kier molecular flexibility index (Phi) is 6.00. The Labute approximate surface area is 197 Å². The molecule has 2 aromatic rings. The molecule has 0 saturated carbocycles. The molecule has 4 rings (SSSR count). The van der Waals surface area contributed by atoms with Crippen LogP contribution in [0.2, 0.25) is 0 Å². The highest BCUT2D eigenvalue weighted by Crippen LogP contribution is 2.41. The van der Waals surface area contributed by atoms with Crippen molar-refractivity contribution in [1.82, 2.24) is 4.98 Å². The minimum absolute atomic E-state index is 0.0840. The number of aliphatic imine (C=N–C) groups is 1. The first-order valence-corrected chi connectivity index (χ1v) is 11.9. The molecule has 3 N–H and O–H groups in total. The number of hydrogen-bond acceptors (Lipinski definition) is 8. The molecule has 1 fully saturated rings. The quantitative estimate of drug-likeness (QED) is 0.597. The van der Waals surface area contributed by atoms with Crippen molar-refractivity contribution in [3.8, 4) is 5.75 Å². The Balaban J connectivity index is 1.60. The molecule has 9 nitrogen and oxygen atoms in total. The summed E-state index contributed by atoms with van der Waals surface area (Å²) < 4.78 is 85.5. The number of amides is 1. The van der Waals surface area contributed by atoms with E-state index in [2.05, 4.69) is 20.0 Å². The van der Waals surface area contributed by atoms with E-state index >= 15 is 0 Å². The first-order valence-electron chi connectivity index (χ1n) is 10.2. The maximum absolute atomic E-state index is 14.8. The molecule has 0 radical (unpaired) electrons. The van der Waals surface area contributed by atoms with E-state index in [0.717, 1.165) is 24.4 Å². The minimum atomic E-state index is -4.91. The Morgan fingerprint density at radius 2 is 2.00 bits per heavy atom. The Morgan fingerprint density at radius 1 is 1.26 bits per heavy atom. The zero-order chi connectivity index (χ0) is 25.6. The van der Waals surface area contributed by atoms with Gasteiger partial charge in [-0.2, -0.15) is 0 Å². The molecule has 2 aliphatic rings. The first kappa shape index (κ1) is 24.9. The van der Waals surface area contributed by atoms with Crippen molar-refractivity contribution in [1.29, 1.82) is 0 Å². The summed E-state index contributed by atoms with van der Waals surface area (Å²) in [4.78, 5) is 20.5. The van der Waals surface area contributed by atoms with Crippen LogP contribution in [0.3, 0.4) is 0 Å². The molecule has 0 bridgehead atoms. The molecule has 2 atom stereocenters. The fourth-order valence-electron chi connectivity index (χ4n) is 4.12. The number of anilines is 1. The van der Waals surface area contributed by atoms with Crippen LogP contribution in [0.1, 0.15) is 29.4 Å². The lowest BCUT2D eigenvalue weighted by Gasteiger charge is -2.39. The summed E-state index contributed by atoms with van der Waals surface area (Å²) in [7, 11) is -3.88. The average molecular weight is 516 g/mol. The molecular weight excluding hydrogens is 496 g/mol. The van der Waals surface area contributed by atoms with E-state index in [1.807, 2.05) is 0 Å². The van der Waals surface area contributed by atoms with Crippen LogP contribution in [0.15, 0.2) is 41.5 Å². The summed E-state index contributed by atoms with van der Waals surface area (Å²) in [6.07, 6.45) is -4.03. The Hall–Kier alpha value is -3.26. The van der Waals surface area contributed by atoms with Gasteiger partial charge in [0.15, 0.2) is 14.6 Å². The highest BCUT2D eigenvalue weighted by Gasteiger charge is 2.57. The van der Waals surface area contributed by atoms with E-state index < -0.39 is 49.7 Å². The second kappa shape index (κ2) is 8.45. The number of carbonyl (C=O) groups is 1. The number of hydrogen-bond donors (Lipinski definition) is 2. The van der Waals surface area contributed by atoms with Crippen LogP contribution in [-0.4, -0.2) is 55.2 Å². The summed E-state index contributed by atoms with van der Waals surface area (Å²) in [6.45, 7) is 1.50. The molecule has 0 aliphatic carbocycles. The summed E-state index contributed by atoms with van der Waals surface area (Å²) in [5.41, 5.74) is 4.23. The normalized spacial score (nSPS) is 25.8. The van der Waals surface area contributed by atoms with Gasteiger partial charge >= 0.3 is 6.36 Å². The number of benzene rings is 1. The van der Waals surface area contributed by atoms with Crippen LogP contribution in [0.4, 0.5) is 23.2 Å². The van der Waals surface area contributed by atoms with Crippen LogP contribution in [0.5, 0.6) is 5.75 Å². The predicted molar refractivity (Wildman–Crippen MR) is 116 cm³/mol. The number of carbonyl (C=O) groups excluding carboxylic acids is 1. The molecule has 3 heterocycles. The minimum Gasteiger partial charge on any atom is -0.404 e. The van der Waals surface area contributed by atoms with Crippen molar-refractivity contribution < 1.29 is 40.2 Å². The van der Waals surface area contributed by atoms with Gasteiger partial charge in [0.2, 0.25) is 0 Å². The SMILES string of the molecule is C[C@@]1(c2cc(NC(=O)c3ccc(OC(F)(F)F)cn3)ccc2F)CS(=O)(=O)[C@]2(CCOC2)C(N)=N1. The van der Waals surface area contributed by atoms with Gasteiger partial charge in [-0.25, -0.2) is 17.8 Å². The van der Waals surface area contributed by atoms with Crippen molar-refractivity contribution >= 4 is 27.3 Å². The van der Waals surface area contributed by atoms with Crippen molar-refractivity contribution in [2.24, 2.45) is 10.7 Å². The number of pyridine rings is 1. The molecule has 2 aliphatic heterocycles. The fourth-order valence-corrected chi connectivity index (χ4v) is 6.38. The van der Waals surface area contributed by atoms with Gasteiger partial charge in [-0.1, -0.05) is 0 Å². The maximum Gasteiger partial charge on any atom is 0.573 e. The number of alkyl halides is 3. The third-order valence-electron chi connectivity index (χ3n) is 5.89. The fraction of sp³-hybridized carbons (Fsp3) is 0.381. The summed E-state index contributed by atoms with van der Waals surface area (Å²) in [5, 5.41) is 2.45. The number of aromatic nitrogens is 1. The standard InChI is InChI=1S/C21H20F4N4O5S/c1-19(11-35(31,32)20(18(26)29-19)6-7-33-10-20)14-8-12(2-4-15(14)22)28-17(30)16-5-3-13(9-27-16)34-21(23,24)25/h2-5,8-9H,6-7,10-11H2,1H3,(H2,26,29)(H,28,30)/t19-,20-/m0/s1. The van der Waals surface area contributed by atoms with Gasteiger partial charge in [-0.15, -0.1) is 13.2 Å². The zero-order valence-corrected chi connectivity index (χ0v) is 19.0. The molecule has 1 aromatic heterocycles. The number of rotatable bonds is 4. The van der Waals surface area contributed by atoms with Crippen LogP contribution in [-0.2, 0) is 20.1 Å². The van der Waals surface area contributed by atoms with Crippen LogP contribution in [0, 0.1) is 5.82 Å². The molecule has 0 unspecified atom stereocenters. The van der Waals surface area contributed by atoms with Crippen LogP contribution < -0.4 is 15.8 Å². The number of nitrogens with zero attached hydrogens (tertiary/aromatic N) is 2. The van der Waals surface area contributed by atoms with Gasteiger partial charge in [0, 0.05) is 17.9 Å². The largest absolute Gasteiger partial charge is 0.573 e. The number of nitrogens with two attached hydrogens (primary N) is 1. The topological polar surface area (TPSA) is 133 Å². The summed E-state index contributed by atoms with van der Waals surface area (Å²) in [6, 6.07) is 5.43. The van der Waals surface area contributed by atoms with E-state index in [9.17, 15) is 30.8 Å². The molecule has 1 saturated heterocycles. The highest BCUT2D eigenvalue weighted by atomic mass is 32.2. The lowest BCUT2D eigenvalue weighted by molar-refractivity contribution is -0.274. The van der Waals surface area contributed by atoms with Crippen LogP contribution in [0.25, 0.3) is 0 Å². The Morgan fingerprint density at radius 3 is 2.57 bits per heavy atom. The van der Waals surface area contributed by atoms with Crippen molar-refractivity contribution in [3.05, 3.63) is 53.6 Å². The molecule has 35 heavy (non-hydrogen) atoms. The van der Waals surface area contributed by atoms with E-state index in [-0.39, 0.29) is 42.4 Å². The van der Waals surface area contributed by atoms with E-state index in [4.69, 9.17) is 10.5 Å². The van der Waals surface area contributed by atoms with Gasteiger partial charge in [0.05, 0.1) is 18.6 Å².